The molecule has 0 fully saturated rings. The van der Waals surface area contributed by atoms with Crippen molar-refractivity contribution in [1.82, 2.24) is 0 Å². The number of anilines is 3. The summed E-state index contributed by atoms with van der Waals surface area (Å²) in [6.45, 7) is 3.97. The Kier molecular flexibility index (Phi) is 3.99. The van der Waals surface area contributed by atoms with Gasteiger partial charge in [-0.05, 0) is 55.3 Å². The predicted octanol–water partition coefficient (Wildman–Crippen LogP) is 4.09. The van der Waals surface area contributed by atoms with Crippen molar-refractivity contribution in [1.29, 1.82) is 0 Å². The lowest BCUT2D eigenvalue weighted by molar-refractivity contribution is 0.0698. The molecular weight excluding hydrogens is 320 g/mol. The number of nitrogen functional groups attached to an aromatic ring is 1. The fourth-order valence-electron chi connectivity index (χ4n) is 2.03. The van der Waals surface area contributed by atoms with Crippen LogP contribution in [0.15, 0.2) is 34.8 Å². The van der Waals surface area contributed by atoms with E-state index in [4.69, 9.17) is 5.73 Å². The second-order valence-corrected chi connectivity index (χ2v) is 5.45. The van der Waals surface area contributed by atoms with Crippen LogP contribution in [0.3, 0.4) is 0 Å². The summed E-state index contributed by atoms with van der Waals surface area (Å²) in [5.41, 5.74) is 9.90. The number of carboxylic acids is 1. The van der Waals surface area contributed by atoms with Gasteiger partial charge in [0.25, 0.3) is 0 Å². The first kappa shape index (κ1) is 14.4. The van der Waals surface area contributed by atoms with E-state index in [2.05, 4.69) is 21.2 Å². The van der Waals surface area contributed by atoms with Gasteiger partial charge in [-0.15, -0.1) is 0 Å². The topological polar surface area (TPSA) is 75.3 Å². The summed E-state index contributed by atoms with van der Waals surface area (Å²) < 4.78 is 1.05. The van der Waals surface area contributed by atoms with Gasteiger partial charge in [0.1, 0.15) is 0 Å². The average Bonchev–Trinajstić information content (AvgIpc) is 2.35. The Labute approximate surface area is 125 Å². The summed E-state index contributed by atoms with van der Waals surface area (Å²) >= 11 is 3.51. The maximum absolute atomic E-state index is 11.2. The molecule has 0 unspecified atom stereocenters. The molecule has 0 heterocycles. The number of hydrogen-bond donors (Lipinski definition) is 3. The van der Waals surface area contributed by atoms with Crippen molar-refractivity contribution in [3.8, 4) is 0 Å². The van der Waals surface area contributed by atoms with Gasteiger partial charge in [0.05, 0.1) is 11.3 Å². The molecule has 5 heteroatoms. The van der Waals surface area contributed by atoms with E-state index in [-0.39, 0.29) is 5.56 Å². The number of nitrogens with two attached hydrogens (primary N) is 1. The second kappa shape index (κ2) is 5.54. The first-order valence-corrected chi connectivity index (χ1v) is 6.84. The van der Waals surface area contributed by atoms with Crippen molar-refractivity contribution in [2.24, 2.45) is 0 Å². The van der Waals surface area contributed by atoms with Crippen LogP contribution in [0.1, 0.15) is 21.5 Å². The highest BCUT2D eigenvalue weighted by Gasteiger charge is 2.11. The molecule has 0 aliphatic rings. The summed E-state index contributed by atoms with van der Waals surface area (Å²) in [6, 6.07) is 8.60. The number of aryl methyl sites for hydroxylation is 2. The zero-order chi connectivity index (χ0) is 14.9. The van der Waals surface area contributed by atoms with Gasteiger partial charge < -0.3 is 16.2 Å². The Balaban J connectivity index is 2.44. The summed E-state index contributed by atoms with van der Waals surface area (Å²) in [5.74, 6) is -0.988. The van der Waals surface area contributed by atoms with Crippen LogP contribution >= 0.6 is 15.9 Å². The van der Waals surface area contributed by atoms with Crippen LogP contribution < -0.4 is 11.1 Å². The molecule has 2 aromatic rings. The predicted molar refractivity (Wildman–Crippen MR) is 84.7 cm³/mol. The summed E-state index contributed by atoms with van der Waals surface area (Å²) in [7, 11) is 0. The van der Waals surface area contributed by atoms with Gasteiger partial charge in [-0.25, -0.2) is 4.79 Å². The number of aromatic carboxylic acids is 1. The number of hydrogen-bond acceptors (Lipinski definition) is 3. The van der Waals surface area contributed by atoms with Crippen LogP contribution in [0.2, 0.25) is 0 Å². The van der Waals surface area contributed by atoms with Gasteiger partial charge in [0.15, 0.2) is 0 Å². The maximum atomic E-state index is 11.2. The van der Waals surface area contributed by atoms with E-state index in [1.165, 1.54) is 6.07 Å². The van der Waals surface area contributed by atoms with E-state index >= 15 is 0 Å². The van der Waals surface area contributed by atoms with Crippen molar-refractivity contribution >= 4 is 39.0 Å². The largest absolute Gasteiger partial charge is 0.478 e. The van der Waals surface area contributed by atoms with Crippen LogP contribution in [0.25, 0.3) is 0 Å². The summed E-state index contributed by atoms with van der Waals surface area (Å²) in [4.78, 5) is 11.2. The number of halogens is 1. The normalized spacial score (nSPS) is 10.3. The summed E-state index contributed by atoms with van der Waals surface area (Å²) in [6.07, 6.45) is 0. The molecule has 0 aromatic heterocycles. The summed E-state index contributed by atoms with van der Waals surface area (Å²) in [5, 5.41) is 12.3. The molecule has 4 N–H and O–H groups in total. The highest BCUT2D eigenvalue weighted by molar-refractivity contribution is 9.10. The van der Waals surface area contributed by atoms with Gasteiger partial charge in [-0.1, -0.05) is 15.9 Å². The van der Waals surface area contributed by atoms with E-state index in [1.807, 2.05) is 26.0 Å². The average molecular weight is 335 g/mol. The minimum Gasteiger partial charge on any atom is -0.478 e. The van der Waals surface area contributed by atoms with E-state index in [1.54, 1.807) is 12.1 Å². The Morgan fingerprint density at radius 1 is 1.20 bits per heavy atom. The molecule has 0 saturated carbocycles. The van der Waals surface area contributed by atoms with Crippen molar-refractivity contribution in [2.45, 2.75) is 13.8 Å². The van der Waals surface area contributed by atoms with Crippen LogP contribution in [0.4, 0.5) is 17.1 Å². The maximum Gasteiger partial charge on any atom is 0.337 e. The number of nitrogens with one attached hydrogen (secondary N) is 1. The standard InChI is InChI=1S/C15H15BrN2O2/c1-8-5-11(6-9(2)14(8)16)18-13-7-10(17)3-4-12(13)15(19)20/h3-7,18H,17H2,1-2H3,(H,19,20). The van der Waals surface area contributed by atoms with Crippen molar-refractivity contribution in [3.05, 3.63) is 51.5 Å². The SMILES string of the molecule is Cc1cc(Nc2cc(N)ccc2C(=O)O)cc(C)c1Br. The Morgan fingerprint density at radius 3 is 2.35 bits per heavy atom. The third kappa shape index (κ3) is 2.93. The quantitative estimate of drug-likeness (QED) is 0.739. The van der Waals surface area contributed by atoms with Crippen molar-refractivity contribution in [2.75, 3.05) is 11.1 Å². The fraction of sp³-hybridized carbons (Fsp3) is 0.133. The lowest BCUT2D eigenvalue weighted by Crippen LogP contribution is -2.04. The smallest absolute Gasteiger partial charge is 0.337 e. The zero-order valence-electron chi connectivity index (χ0n) is 11.2. The monoisotopic (exact) mass is 334 g/mol. The highest BCUT2D eigenvalue weighted by atomic mass is 79.9. The van der Waals surface area contributed by atoms with Gasteiger partial charge in [-0.2, -0.15) is 0 Å². The molecular formula is C15H15BrN2O2. The molecule has 104 valence electrons. The molecule has 2 rings (SSSR count). The molecule has 0 spiro atoms. The molecule has 0 amide bonds. The molecule has 0 aliphatic heterocycles. The lowest BCUT2D eigenvalue weighted by atomic mass is 10.1. The van der Waals surface area contributed by atoms with Gasteiger partial charge in [-0.3, -0.25) is 0 Å². The first-order chi connectivity index (χ1) is 9.38. The third-order valence-electron chi connectivity index (χ3n) is 2.99. The first-order valence-electron chi connectivity index (χ1n) is 6.05. The number of benzene rings is 2. The minimum absolute atomic E-state index is 0.192. The van der Waals surface area contributed by atoms with E-state index in [9.17, 15) is 9.90 Å². The second-order valence-electron chi connectivity index (χ2n) is 4.66. The van der Waals surface area contributed by atoms with Crippen LogP contribution in [0.5, 0.6) is 0 Å². The molecule has 0 bridgehead atoms. The van der Waals surface area contributed by atoms with Crippen LogP contribution in [-0.4, -0.2) is 11.1 Å². The molecule has 0 radical (unpaired) electrons. The Morgan fingerprint density at radius 2 is 1.80 bits per heavy atom. The van der Waals surface area contributed by atoms with E-state index in [0.717, 1.165) is 21.3 Å². The molecule has 0 aliphatic carbocycles. The third-order valence-corrected chi connectivity index (χ3v) is 4.24. The molecule has 20 heavy (non-hydrogen) atoms. The van der Waals surface area contributed by atoms with Gasteiger partial charge >= 0.3 is 5.97 Å². The minimum atomic E-state index is -0.988. The Bertz CT molecular complexity index is 661. The van der Waals surface area contributed by atoms with Gasteiger partial charge in [0.2, 0.25) is 0 Å². The van der Waals surface area contributed by atoms with Crippen LogP contribution in [-0.2, 0) is 0 Å². The molecule has 0 atom stereocenters. The number of carbonyl (C=O) groups is 1. The highest BCUT2D eigenvalue weighted by Crippen LogP contribution is 2.29. The van der Waals surface area contributed by atoms with E-state index < -0.39 is 5.97 Å². The number of carboxylic acid groups (broad SMARTS) is 1. The molecule has 0 saturated heterocycles. The fourth-order valence-corrected chi connectivity index (χ4v) is 2.25. The lowest BCUT2D eigenvalue weighted by Gasteiger charge is -2.13. The number of rotatable bonds is 3. The molecule has 4 nitrogen and oxygen atoms in total. The Hall–Kier alpha value is -2.01. The van der Waals surface area contributed by atoms with Gasteiger partial charge in [0, 0.05) is 15.8 Å². The van der Waals surface area contributed by atoms with E-state index in [0.29, 0.717) is 11.4 Å². The zero-order valence-corrected chi connectivity index (χ0v) is 12.8. The van der Waals surface area contributed by atoms with Crippen LogP contribution in [0, 0.1) is 13.8 Å². The molecule has 2 aromatic carbocycles. The van der Waals surface area contributed by atoms with Crippen molar-refractivity contribution in [3.63, 3.8) is 0 Å². The van der Waals surface area contributed by atoms with Crippen molar-refractivity contribution < 1.29 is 9.90 Å².